The van der Waals surface area contributed by atoms with Crippen molar-refractivity contribution >= 4 is 20.6 Å². The van der Waals surface area contributed by atoms with Gasteiger partial charge in [0.2, 0.25) is 0 Å². The Morgan fingerprint density at radius 2 is 2.13 bits per heavy atom. The minimum Gasteiger partial charge on any atom is -0.312 e. The van der Waals surface area contributed by atoms with Crippen molar-refractivity contribution in [3.05, 3.63) is 0 Å². The van der Waals surface area contributed by atoms with E-state index in [0.717, 1.165) is 6.54 Å². The van der Waals surface area contributed by atoms with E-state index in [4.69, 9.17) is 0 Å². The zero-order chi connectivity index (χ0) is 11.1. The van der Waals surface area contributed by atoms with Crippen LogP contribution in [0.5, 0.6) is 0 Å². The Morgan fingerprint density at radius 1 is 1.40 bits per heavy atom. The van der Waals surface area contributed by atoms with Crippen LogP contribution in [0.1, 0.15) is 13.3 Å². The molecule has 0 amide bonds. The molecule has 1 N–H and O–H groups in total. The summed E-state index contributed by atoms with van der Waals surface area (Å²) in [6.45, 7) is 2.91. The maximum Gasteiger partial charge on any atom is 0.151 e. The van der Waals surface area contributed by atoms with Crippen molar-refractivity contribution in [2.75, 3.05) is 23.8 Å². The zero-order valence-electron chi connectivity index (χ0n) is 8.81. The second-order valence-electron chi connectivity index (χ2n) is 4.61. The largest absolute Gasteiger partial charge is 0.312 e. The molecule has 88 valence electrons. The van der Waals surface area contributed by atoms with Gasteiger partial charge in [-0.15, -0.1) is 0 Å². The fourth-order valence-electron chi connectivity index (χ4n) is 2.25. The van der Waals surface area contributed by atoms with Crippen LogP contribution in [0.25, 0.3) is 0 Å². The molecule has 4 unspecified atom stereocenters. The van der Waals surface area contributed by atoms with E-state index in [2.05, 4.69) is 12.2 Å². The Labute approximate surface area is 93.2 Å². The molecule has 0 aromatic carbocycles. The lowest BCUT2D eigenvalue weighted by molar-refractivity contribution is 0.451. The summed E-state index contributed by atoms with van der Waals surface area (Å²) in [5, 5.41) is 3.16. The average Bonchev–Trinajstić information content (AvgIpc) is 2.26. The van der Waals surface area contributed by atoms with Crippen LogP contribution in [0.2, 0.25) is 0 Å². The summed E-state index contributed by atoms with van der Waals surface area (Å²) in [4.78, 5) is 0. The first kappa shape index (κ1) is 11.5. The average molecular weight is 251 g/mol. The van der Waals surface area contributed by atoms with Crippen LogP contribution >= 0.6 is 0 Å². The van der Waals surface area contributed by atoms with Crippen molar-refractivity contribution in [3.63, 3.8) is 0 Å². The van der Waals surface area contributed by atoms with Gasteiger partial charge in [0.1, 0.15) is 0 Å². The van der Waals surface area contributed by atoms with Gasteiger partial charge in [0.05, 0.1) is 16.8 Å². The van der Waals surface area contributed by atoms with Crippen LogP contribution in [0.3, 0.4) is 0 Å². The van der Waals surface area contributed by atoms with Crippen LogP contribution in [0.15, 0.2) is 0 Å². The Morgan fingerprint density at radius 3 is 2.87 bits per heavy atom. The molecule has 0 aliphatic carbocycles. The van der Waals surface area contributed by atoms with E-state index in [1.165, 1.54) is 0 Å². The van der Waals surface area contributed by atoms with Gasteiger partial charge in [-0.2, -0.15) is 0 Å². The second-order valence-corrected chi connectivity index (χ2v) is 8.54. The number of hydrogen-bond donors (Lipinski definition) is 1. The predicted molar refractivity (Wildman–Crippen MR) is 61.0 cm³/mol. The number of rotatable bonds is 0. The summed E-state index contributed by atoms with van der Waals surface area (Å²) >= 11 is 0. The molecule has 2 aliphatic heterocycles. The maximum atomic E-state index is 12.0. The molecular weight excluding hydrogens is 234 g/mol. The van der Waals surface area contributed by atoms with Gasteiger partial charge in [-0.05, 0) is 18.9 Å². The Kier molecular flexibility index (Phi) is 3.19. The molecule has 2 rings (SSSR count). The van der Waals surface area contributed by atoms with Crippen molar-refractivity contribution in [2.45, 2.75) is 24.6 Å². The van der Waals surface area contributed by atoms with E-state index in [-0.39, 0.29) is 22.8 Å². The number of fused-ring (bicyclic) bond motifs is 1. The van der Waals surface area contributed by atoms with Crippen molar-refractivity contribution in [3.8, 4) is 0 Å². The first-order chi connectivity index (χ1) is 6.98. The molecule has 0 aromatic rings. The number of hydrogen-bond acceptors (Lipinski definition) is 4. The molecule has 0 spiro atoms. The third kappa shape index (κ3) is 2.60. The predicted octanol–water partition coefficient (Wildman–Crippen LogP) is -0.470. The van der Waals surface area contributed by atoms with Crippen LogP contribution in [-0.2, 0) is 20.6 Å². The highest BCUT2D eigenvalue weighted by atomic mass is 32.2. The summed E-state index contributed by atoms with van der Waals surface area (Å²) in [5.41, 5.74) is 0. The Bertz CT molecular complexity index is 366. The molecule has 2 heterocycles. The minimum absolute atomic E-state index is 0.101. The summed E-state index contributed by atoms with van der Waals surface area (Å²) < 4.78 is 34.9. The van der Waals surface area contributed by atoms with Gasteiger partial charge in [-0.1, -0.05) is 6.92 Å². The Hall–Kier alpha value is 0.0600. The van der Waals surface area contributed by atoms with E-state index >= 15 is 0 Å². The van der Waals surface area contributed by atoms with Crippen LogP contribution in [0, 0.1) is 5.92 Å². The minimum atomic E-state index is -2.95. The second kappa shape index (κ2) is 4.14. The first-order valence-electron chi connectivity index (χ1n) is 5.29. The summed E-state index contributed by atoms with van der Waals surface area (Å²) in [7, 11) is -3.95. The normalized spacial score (nSPS) is 45.4. The van der Waals surface area contributed by atoms with Gasteiger partial charge in [0, 0.05) is 22.6 Å². The lowest BCUT2D eigenvalue weighted by atomic mass is 10.1. The van der Waals surface area contributed by atoms with E-state index < -0.39 is 20.6 Å². The van der Waals surface area contributed by atoms with Crippen LogP contribution in [0.4, 0.5) is 0 Å². The van der Waals surface area contributed by atoms with Gasteiger partial charge in [-0.25, -0.2) is 8.42 Å². The van der Waals surface area contributed by atoms with Crippen molar-refractivity contribution in [1.82, 2.24) is 5.32 Å². The van der Waals surface area contributed by atoms with E-state index in [9.17, 15) is 12.6 Å². The van der Waals surface area contributed by atoms with Crippen LogP contribution in [-0.4, -0.2) is 47.7 Å². The highest BCUT2D eigenvalue weighted by molar-refractivity contribution is 7.93. The molecule has 0 saturated carbocycles. The summed E-state index contributed by atoms with van der Waals surface area (Å²) in [6, 6.07) is 0.138. The molecule has 2 saturated heterocycles. The van der Waals surface area contributed by atoms with Crippen molar-refractivity contribution in [1.29, 1.82) is 0 Å². The number of sulfone groups is 1. The van der Waals surface area contributed by atoms with E-state index in [0.29, 0.717) is 18.1 Å². The topological polar surface area (TPSA) is 63.2 Å². The lowest BCUT2D eigenvalue weighted by Crippen LogP contribution is -2.49. The fourth-order valence-corrected chi connectivity index (χ4v) is 6.52. The van der Waals surface area contributed by atoms with Crippen molar-refractivity contribution < 1.29 is 12.6 Å². The van der Waals surface area contributed by atoms with Gasteiger partial charge in [0.15, 0.2) is 9.84 Å². The molecule has 0 bridgehead atoms. The standard InChI is InChI=1S/C9H17NO3S2/c1-7-4-10-8-2-3-15(12,13)6-9(8)14(11)5-7/h7-10H,2-6H2,1H3. The lowest BCUT2D eigenvalue weighted by Gasteiger charge is -2.29. The maximum absolute atomic E-state index is 12.0. The molecule has 0 aromatic heterocycles. The van der Waals surface area contributed by atoms with Gasteiger partial charge >= 0.3 is 0 Å². The first-order valence-corrected chi connectivity index (χ1v) is 8.49. The molecule has 2 fully saturated rings. The molecule has 6 heteroatoms. The van der Waals surface area contributed by atoms with Gasteiger partial charge < -0.3 is 5.32 Å². The quantitative estimate of drug-likeness (QED) is 0.632. The highest BCUT2D eigenvalue weighted by Crippen LogP contribution is 2.21. The molecule has 2 aliphatic rings. The third-order valence-corrected chi connectivity index (χ3v) is 7.13. The van der Waals surface area contributed by atoms with Crippen LogP contribution < -0.4 is 5.32 Å². The molecular formula is C9H17NO3S2. The third-order valence-electron chi connectivity index (χ3n) is 3.12. The Balaban J connectivity index is 2.19. The van der Waals surface area contributed by atoms with Crippen molar-refractivity contribution in [2.24, 2.45) is 5.92 Å². The van der Waals surface area contributed by atoms with E-state index in [1.807, 2.05) is 0 Å². The molecule has 4 atom stereocenters. The smallest absolute Gasteiger partial charge is 0.151 e. The number of nitrogens with one attached hydrogen (secondary N) is 1. The molecule has 15 heavy (non-hydrogen) atoms. The van der Waals surface area contributed by atoms with Gasteiger partial charge in [-0.3, -0.25) is 4.21 Å². The highest BCUT2D eigenvalue weighted by Gasteiger charge is 2.38. The fraction of sp³-hybridized carbons (Fsp3) is 1.00. The molecule has 4 nitrogen and oxygen atoms in total. The zero-order valence-corrected chi connectivity index (χ0v) is 10.4. The SMILES string of the molecule is CC1CNC2CCS(=O)(=O)CC2S(=O)C1. The molecule has 0 radical (unpaired) electrons. The summed E-state index contributed by atoms with van der Waals surface area (Å²) in [6.07, 6.45) is 0.617. The monoisotopic (exact) mass is 251 g/mol. The summed E-state index contributed by atoms with van der Waals surface area (Å²) in [5.74, 6) is 1.35. The van der Waals surface area contributed by atoms with Gasteiger partial charge in [0.25, 0.3) is 0 Å². The van der Waals surface area contributed by atoms with E-state index in [1.54, 1.807) is 0 Å².